The third-order valence-electron chi connectivity index (χ3n) is 4.81. The summed E-state index contributed by atoms with van der Waals surface area (Å²) in [5, 5.41) is 9.38. The lowest BCUT2D eigenvalue weighted by Crippen LogP contribution is -2.67. The molecule has 3 heteroatoms. The van der Waals surface area contributed by atoms with Gasteiger partial charge in [-0.05, 0) is 25.0 Å². The predicted octanol–water partition coefficient (Wildman–Crippen LogP) is 3.57. The maximum atomic E-state index is 11.4. The topological polar surface area (TPSA) is 40.5 Å². The zero-order chi connectivity index (χ0) is 15.7. The first-order valence-electron chi connectivity index (χ1n) is 7.61. The van der Waals surface area contributed by atoms with E-state index < -0.39 is 5.97 Å². The van der Waals surface area contributed by atoms with Crippen molar-refractivity contribution < 1.29 is 9.90 Å². The zero-order valence-corrected chi connectivity index (χ0v) is 12.9. The third kappa shape index (κ3) is 2.42. The number of likely N-dealkylation sites (tertiary alicyclic amines) is 1. The second kappa shape index (κ2) is 5.58. The van der Waals surface area contributed by atoms with Crippen molar-refractivity contribution in [2.75, 3.05) is 6.54 Å². The maximum Gasteiger partial charge on any atom is 0.309 e. The van der Waals surface area contributed by atoms with Gasteiger partial charge in [0.25, 0.3) is 0 Å². The highest BCUT2D eigenvalue weighted by Gasteiger charge is 2.53. The number of rotatable bonds is 4. The SMILES string of the molecule is CC1(C)[C@@H](C(=O)O)CN1C(c1ccccc1)c1ccccc1. The van der Waals surface area contributed by atoms with Gasteiger partial charge >= 0.3 is 5.97 Å². The van der Waals surface area contributed by atoms with Crippen LogP contribution in [0, 0.1) is 5.92 Å². The Morgan fingerprint density at radius 2 is 1.50 bits per heavy atom. The summed E-state index contributed by atoms with van der Waals surface area (Å²) in [6.45, 7) is 4.62. The van der Waals surface area contributed by atoms with Gasteiger partial charge in [0.15, 0.2) is 0 Å². The minimum absolute atomic E-state index is 0.0907. The van der Waals surface area contributed by atoms with Crippen molar-refractivity contribution in [3.05, 3.63) is 71.8 Å². The molecule has 0 aromatic heterocycles. The lowest BCUT2D eigenvalue weighted by molar-refractivity contribution is -0.164. The summed E-state index contributed by atoms with van der Waals surface area (Å²) in [5.74, 6) is -1.02. The van der Waals surface area contributed by atoms with E-state index in [1.165, 1.54) is 11.1 Å². The number of benzene rings is 2. The Morgan fingerprint density at radius 1 is 1.05 bits per heavy atom. The first kappa shape index (κ1) is 14.8. The van der Waals surface area contributed by atoms with Gasteiger partial charge in [-0.2, -0.15) is 0 Å². The van der Waals surface area contributed by atoms with Crippen molar-refractivity contribution in [3.63, 3.8) is 0 Å². The van der Waals surface area contributed by atoms with E-state index in [0.29, 0.717) is 6.54 Å². The van der Waals surface area contributed by atoms with Gasteiger partial charge in [-0.15, -0.1) is 0 Å². The molecule has 1 saturated heterocycles. The number of nitrogens with zero attached hydrogens (tertiary/aromatic N) is 1. The molecule has 1 N–H and O–H groups in total. The zero-order valence-electron chi connectivity index (χ0n) is 12.9. The molecule has 1 aliphatic heterocycles. The third-order valence-corrected chi connectivity index (χ3v) is 4.81. The van der Waals surface area contributed by atoms with Crippen molar-refractivity contribution in [3.8, 4) is 0 Å². The van der Waals surface area contributed by atoms with Crippen molar-refractivity contribution in [1.82, 2.24) is 4.90 Å². The van der Waals surface area contributed by atoms with Crippen LogP contribution in [-0.2, 0) is 4.79 Å². The average molecular weight is 295 g/mol. The molecule has 2 aromatic rings. The Labute approximate surface area is 131 Å². The fourth-order valence-electron chi connectivity index (χ4n) is 3.38. The Kier molecular flexibility index (Phi) is 3.75. The molecule has 2 aromatic carbocycles. The molecule has 22 heavy (non-hydrogen) atoms. The van der Waals surface area contributed by atoms with Crippen LogP contribution in [0.4, 0.5) is 0 Å². The van der Waals surface area contributed by atoms with Crippen LogP contribution in [0.25, 0.3) is 0 Å². The highest BCUT2D eigenvalue weighted by atomic mass is 16.4. The lowest BCUT2D eigenvalue weighted by atomic mass is 9.74. The fourth-order valence-corrected chi connectivity index (χ4v) is 3.38. The number of hydrogen-bond acceptors (Lipinski definition) is 2. The normalized spacial score (nSPS) is 20.6. The second-order valence-electron chi connectivity index (χ2n) is 6.42. The summed E-state index contributed by atoms with van der Waals surface area (Å²) in [7, 11) is 0. The maximum absolute atomic E-state index is 11.4. The molecule has 0 spiro atoms. The van der Waals surface area contributed by atoms with Crippen LogP contribution >= 0.6 is 0 Å². The highest BCUT2D eigenvalue weighted by molar-refractivity contribution is 5.73. The summed E-state index contributed by atoms with van der Waals surface area (Å²) in [6.07, 6.45) is 0. The molecule has 0 unspecified atom stereocenters. The molecule has 1 aliphatic rings. The van der Waals surface area contributed by atoms with Crippen LogP contribution in [0.5, 0.6) is 0 Å². The molecule has 1 heterocycles. The van der Waals surface area contributed by atoms with Crippen LogP contribution in [0.1, 0.15) is 31.0 Å². The molecule has 0 saturated carbocycles. The van der Waals surface area contributed by atoms with E-state index in [9.17, 15) is 9.90 Å². The first-order valence-corrected chi connectivity index (χ1v) is 7.61. The van der Waals surface area contributed by atoms with Crippen LogP contribution < -0.4 is 0 Å². The van der Waals surface area contributed by atoms with Crippen molar-refractivity contribution in [1.29, 1.82) is 0 Å². The quantitative estimate of drug-likeness (QED) is 0.937. The first-order chi connectivity index (χ1) is 10.5. The molecular weight excluding hydrogens is 274 g/mol. The summed E-state index contributed by atoms with van der Waals surface area (Å²) in [4.78, 5) is 13.7. The largest absolute Gasteiger partial charge is 0.481 e. The molecule has 3 rings (SSSR count). The van der Waals surface area contributed by atoms with Crippen LogP contribution in [0.2, 0.25) is 0 Å². The van der Waals surface area contributed by atoms with Gasteiger partial charge in [0, 0.05) is 12.1 Å². The number of carboxylic acid groups (broad SMARTS) is 1. The molecule has 1 fully saturated rings. The van der Waals surface area contributed by atoms with E-state index in [-0.39, 0.29) is 17.5 Å². The summed E-state index contributed by atoms with van der Waals surface area (Å²) < 4.78 is 0. The van der Waals surface area contributed by atoms with Crippen LogP contribution in [-0.4, -0.2) is 28.1 Å². The van der Waals surface area contributed by atoms with Gasteiger partial charge in [-0.1, -0.05) is 60.7 Å². The Morgan fingerprint density at radius 3 is 1.86 bits per heavy atom. The van der Waals surface area contributed by atoms with Crippen molar-refractivity contribution in [2.24, 2.45) is 5.92 Å². The number of carbonyl (C=O) groups is 1. The monoisotopic (exact) mass is 295 g/mol. The van der Waals surface area contributed by atoms with Crippen LogP contribution in [0.15, 0.2) is 60.7 Å². The molecule has 0 amide bonds. The van der Waals surface area contributed by atoms with Gasteiger partial charge in [0.1, 0.15) is 0 Å². The Hall–Kier alpha value is -2.13. The standard InChI is InChI=1S/C19H21NO2/c1-19(2)16(18(21)22)13-20(19)17(14-9-5-3-6-10-14)15-11-7-4-8-12-15/h3-12,16-17H,13H2,1-2H3,(H,21,22)/t16-/m1/s1. The molecule has 0 radical (unpaired) electrons. The highest BCUT2D eigenvalue weighted by Crippen LogP contribution is 2.45. The molecular formula is C19H21NO2. The number of carboxylic acids is 1. The van der Waals surface area contributed by atoms with Crippen LogP contribution in [0.3, 0.4) is 0 Å². The Bertz CT molecular complexity index is 612. The molecule has 114 valence electrons. The summed E-state index contributed by atoms with van der Waals surface area (Å²) in [5.41, 5.74) is 2.04. The van der Waals surface area contributed by atoms with Gasteiger partial charge < -0.3 is 5.11 Å². The molecule has 0 aliphatic carbocycles. The van der Waals surface area contributed by atoms with E-state index in [4.69, 9.17) is 0 Å². The van der Waals surface area contributed by atoms with Crippen molar-refractivity contribution in [2.45, 2.75) is 25.4 Å². The lowest BCUT2D eigenvalue weighted by Gasteiger charge is -2.56. The predicted molar refractivity (Wildman–Crippen MR) is 86.6 cm³/mol. The van der Waals surface area contributed by atoms with Gasteiger partial charge in [-0.25, -0.2) is 0 Å². The molecule has 1 atom stereocenters. The van der Waals surface area contributed by atoms with Gasteiger partial charge in [0.05, 0.1) is 12.0 Å². The smallest absolute Gasteiger partial charge is 0.309 e. The van der Waals surface area contributed by atoms with E-state index >= 15 is 0 Å². The Balaban J connectivity index is 2.00. The minimum Gasteiger partial charge on any atom is -0.481 e. The molecule has 3 nitrogen and oxygen atoms in total. The molecule has 0 bridgehead atoms. The van der Waals surface area contributed by atoms with E-state index in [1.54, 1.807) is 0 Å². The second-order valence-corrected chi connectivity index (χ2v) is 6.42. The summed E-state index contributed by atoms with van der Waals surface area (Å²) in [6, 6.07) is 20.7. The average Bonchev–Trinajstić information content (AvgIpc) is 2.52. The fraction of sp³-hybridized carbons (Fsp3) is 0.316. The summed E-state index contributed by atoms with van der Waals surface area (Å²) >= 11 is 0. The minimum atomic E-state index is -0.707. The number of aliphatic carboxylic acids is 1. The van der Waals surface area contributed by atoms with Crippen molar-refractivity contribution >= 4 is 5.97 Å². The van der Waals surface area contributed by atoms with Gasteiger partial charge in [-0.3, -0.25) is 9.69 Å². The van der Waals surface area contributed by atoms with E-state index in [0.717, 1.165) is 0 Å². The van der Waals surface area contributed by atoms with Gasteiger partial charge in [0.2, 0.25) is 0 Å². The number of hydrogen-bond donors (Lipinski definition) is 1. The van der Waals surface area contributed by atoms with E-state index in [1.807, 2.05) is 50.2 Å². The van der Waals surface area contributed by atoms with E-state index in [2.05, 4.69) is 29.2 Å².